The number of furan rings is 1. The highest BCUT2D eigenvalue weighted by Gasteiger charge is 2.35. The average molecular weight is 344 g/mol. The molecule has 0 bridgehead atoms. The van der Waals surface area contributed by atoms with E-state index in [1.54, 1.807) is 25.5 Å². The number of methoxy groups -OCH3 is 1. The molecule has 2 aromatic rings. The van der Waals surface area contributed by atoms with E-state index in [0.717, 1.165) is 24.3 Å². The predicted molar refractivity (Wildman–Crippen MR) is 89.8 cm³/mol. The van der Waals surface area contributed by atoms with Gasteiger partial charge in [-0.3, -0.25) is 4.90 Å². The fraction of sp³-hybridized carbons (Fsp3) is 0.389. The summed E-state index contributed by atoms with van der Waals surface area (Å²) >= 11 is 0. The highest BCUT2D eigenvalue weighted by molar-refractivity contribution is 5.98. The number of fused-ring (bicyclic) bond motifs is 2. The van der Waals surface area contributed by atoms with E-state index in [1.807, 2.05) is 6.07 Å². The molecule has 1 aromatic carbocycles. The summed E-state index contributed by atoms with van der Waals surface area (Å²) in [6, 6.07) is 5.57. The number of hydrogen-bond acceptors (Lipinski definition) is 7. The molecule has 2 aliphatic heterocycles. The van der Waals surface area contributed by atoms with E-state index in [4.69, 9.17) is 18.6 Å². The minimum absolute atomic E-state index is 0.0239. The Balaban J connectivity index is 1.77. The number of likely N-dealkylation sites (N-methyl/N-ethyl adjacent to an activating group) is 1. The minimum Gasteiger partial charge on any atom is -0.492 e. The Hall–Kier alpha value is -2.67. The quantitative estimate of drug-likeness (QED) is 0.522. The first kappa shape index (κ1) is 15.8. The van der Waals surface area contributed by atoms with Gasteiger partial charge in [0.15, 0.2) is 17.3 Å². The molecule has 0 radical (unpaired) electrons. The van der Waals surface area contributed by atoms with Crippen molar-refractivity contribution in [3.63, 3.8) is 0 Å². The van der Waals surface area contributed by atoms with Crippen molar-refractivity contribution >= 4 is 5.71 Å². The molecule has 2 aliphatic rings. The molecule has 0 aliphatic carbocycles. The second-order valence-electron chi connectivity index (χ2n) is 6.19. The highest BCUT2D eigenvalue weighted by Crippen LogP contribution is 2.50. The Labute approximate surface area is 145 Å². The first-order valence-electron chi connectivity index (χ1n) is 8.17. The fourth-order valence-corrected chi connectivity index (χ4v) is 3.60. The standard InChI is InChI=1S/C18H20N2O5/c1-20-6-5-11-8-15-17(25-10-24-15)18(22-2)16(11)13(20)9-12(19-21)14-4-3-7-23-14/h3-4,7-8,13,21H,5-6,9-10H2,1-2H3/b19-12+/t13-/m0/s1. The molecule has 0 saturated heterocycles. The summed E-state index contributed by atoms with van der Waals surface area (Å²) in [5, 5.41) is 12.9. The number of ether oxygens (including phenoxy) is 3. The lowest BCUT2D eigenvalue weighted by Crippen LogP contribution is -2.34. The number of oxime groups is 1. The van der Waals surface area contributed by atoms with Crippen LogP contribution in [0.15, 0.2) is 34.0 Å². The highest BCUT2D eigenvalue weighted by atomic mass is 16.7. The molecule has 0 saturated carbocycles. The van der Waals surface area contributed by atoms with Gasteiger partial charge >= 0.3 is 0 Å². The van der Waals surface area contributed by atoms with Crippen molar-refractivity contribution in [1.82, 2.24) is 4.90 Å². The van der Waals surface area contributed by atoms with Crippen LogP contribution in [0.1, 0.15) is 29.3 Å². The SMILES string of the molecule is COc1c2c(cc3c1[C@H](C/C(=N\O)c1ccco1)N(C)CC3)OCO2. The molecule has 0 fully saturated rings. The third-order valence-corrected chi connectivity index (χ3v) is 4.86. The van der Waals surface area contributed by atoms with E-state index in [1.165, 1.54) is 5.56 Å². The van der Waals surface area contributed by atoms with Crippen molar-refractivity contribution in [2.75, 3.05) is 27.5 Å². The number of benzene rings is 1. The number of hydrogen-bond donors (Lipinski definition) is 1. The van der Waals surface area contributed by atoms with Gasteiger partial charge in [-0.1, -0.05) is 5.16 Å². The third-order valence-electron chi connectivity index (χ3n) is 4.86. The maximum atomic E-state index is 9.48. The van der Waals surface area contributed by atoms with Gasteiger partial charge in [-0.2, -0.15) is 0 Å². The molecule has 3 heterocycles. The van der Waals surface area contributed by atoms with Gasteiger partial charge in [0.25, 0.3) is 0 Å². The summed E-state index contributed by atoms with van der Waals surface area (Å²) in [7, 11) is 3.69. The van der Waals surface area contributed by atoms with Crippen LogP contribution in [0.25, 0.3) is 0 Å². The first-order valence-corrected chi connectivity index (χ1v) is 8.17. The van der Waals surface area contributed by atoms with Crippen LogP contribution in [0.3, 0.4) is 0 Å². The lowest BCUT2D eigenvalue weighted by molar-refractivity contribution is 0.170. The molecule has 132 valence electrons. The summed E-state index contributed by atoms with van der Waals surface area (Å²) in [4.78, 5) is 2.22. The zero-order valence-electron chi connectivity index (χ0n) is 14.2. The summed E-state index contributed by atoms with van der Waals surface area (Å²) in [5.74, 6) is 2.61. The van der Waals surface area contributed by atoms with Crippen molar-refractivity contribution < 1.29 is 23.8 Å². The summed E-state index contributed by atoms with van der Waals surface area (Å²) in [6.45, 7) is 1.09. The number of rotatable bonds is 4. The smallest absolute Gasteiger partial charge is 0.231 e. The van der Waals surface area contributed by atoms with Crippen LogP contribution in [0.4, 0.5) is 0 Å². The van der Waals surface area contributed by atoms with E-state index in [2.05, 4.69) is 17.1 Å². The minimum atomic E-state index is -0.0239. The largest absolute Gasteiger partial charge is 0.492 e. The molecule has 0 amide bonds. The third kappa shape index (κ3) is 2.60. The Bertz CT molecular complexity index is 800. The molecule has 7 nitrogen and oxygen atoms in total. The molecule has 0 unspecified atom stereocenters. The van der Waals surface area contributed by atoms with Crippen LogP contribution in [-0.4, -0.2) is 43.3 Å². The molecule has 0 spiro atoms. The van der Waals surface area contributed by atoms with Crippen LogP contribution in [-0.2, 0) is 6.42 Å². The maximum Gasteiger partial charge on any atom is 0.231 e. The Morgan fingerprint density at radius 1 is 1.44 bits per heavy atom. The van der Waals surface area contributed by atoms with Crippen LogP contribution >= 0.6 is 0 Å². The predicted octanol–water partition coefficient (Wildman–Crippen LogP) is 2.81. The summed E-state index contributed by atoms with van der Waals surface area (Å²) in [6.07, 6.45) is 2.95. The van der Waals surface area contributed by atoms with Crippen LogP contribution < -0.4 is 14.2 Å². The van der Waals surface area contributed by atoms with Gasteiger partial charge in [-0.15, -0.1) is 0 Å². The van der Waals surface area contributed by atoms with Gasteiger partial charge in [-0.05, 0) is 37.2 Å². The Kier molecular flexibility index (Phi) is 4.01. The second-order valence-corrected chi connectivity index (χ2v) is 6.19. The normalized spacial score (nSPS) is 19.8. The lowest BCUT2D eigenvalue weighted by atomic mass is 9.88. The van der Waals surface area contributed by atoms with Gasteiger partial charge in [0.1, 0.15) is 5.71 Å². The van der Waals surface area contributed by atoms with E-state index in [-0.39, 0.29) is 12.8 Å². The Morgan fingerprint density at radius 3 is 3.04 bits per heavy atom. The zero-order valence-corrected chi connectivity index (χ0v) is 14.2. The van der Waals surface area contributed by atoms with Crippen LogP contribution in [0.5, 0.6) is 17.2 Å². The average Bonchev–Trinajstić information content (AvgIpc) is 3.30. The molecule has 7 heteroatoms. The van der Waals surface area contributed by atoms with E-state index >= 15 is 0 Å². The van der Waals surface area contributed by atoms with Crippen molar-refractivity contribution in [3.05, 3.63) is 41.3 Å². The van der Waals surface area contributed by atoms with E-state index in [9.17, 15) is 5.21 Å². The van der Waals surface area contributed by atoms with Crippen LogP contribution in [0, 0.1) is 0 Å². The van der Waals surface area contributed by atoms with Crippen molar-refractivity contribution in [1.29, 1.82) is 0 Å². The summed E-state index contributed by atoms with van der Waals surface area (Å²) < 4.78 is 22.2. The second kappa shape index (κ2) is 6.33. The van der Waals surface area contributed by atoms with Crippen molar-refractivity contribution in [2.24, 2.45) is 5.16 Å². The molecular formula is C18H20N2O5. The molecule has 4 rings (SSSR count). The lowest BCUT2D eigenvalue weighted by Gasteiger charge is -2.35. The monoisotopic (exact) mass is 344 g/mol. The topological polar surface area (TPSA) is 76.7 Å². The van der Waals surface area contributed by atoms with Gasteiger partial charge in [0, 0.05) is 24.6 Å². The maximum absolute atomic E-state index is 9.48. The molecule has 1 aromatic heterocycles. The van der Waals surface area contributed by atoms with Gasteiger partial charge < -0.3 is 23.8 Å². The first-order chi connectivity index (χ1) is 12.2. The molecule has 1 N–H and O–H groups in total. The molecule has 25 heavy (non-hydrogen) atoms. The van der Waals surface area contributed by atoms with Gasteiger partial charge in [0.05, 0.1) is 13.4 Å². The van der Waals surface area contributed by atoms with E-state index in [0.29, 0.717) is 29.4 Å². The Morgan fingerprint density at radius 2 is 2.32 bits per heavy atom. The summed E-state index contributed by atoms with van der Waals surface area (Å²) in [5.41, 5.74) is 2.71. The zero-order chi connectivity index (χ0) is 17.4. The molecular weight excluding hydrogens is 324 g/mol. The number of nitrogens with zero attached hydrogens (tertiary/aromatic N) is 2. The molecule has 1 atom stereocenters. The fourth-order valence-electron chi connectivity index (χ4n) is 3.60. The van der Waals surface area contributed by atoms with Crippen molar-refractivity contribution in [3.8, 4) is 17.2 Å². The van der Waals surface area contributed by atoms with Crippen molar-refractivity contribution in [2.45, 2.75) is 18.9 Å². The van der Waals surface area contributed by atoms with Crippen LogP contribution in [0.2, 0.25) is 0 Å². The van der Waals surface area contributed by atoms with Gasteiger partial charge in [-0.25, -0.2) is 0 Å². The van der Waals surface area contributed by atoms with E-state index < -0.39 is 0 Å². The van der Waals surface area contributed by atoms with Gasteiger partial charge in [0.2, 0.25) is 12.5 Å².